The van der Waals surface area contributed by atoms with Crippen molar-refractivity contribution < 1.29 is 18.6 Å². The Morgan fingerprint density at radius 3 is 0.667 bits per heavy atom. The molecule has 9 heavy (non-hydrogen) atoms. The van der Waals surface area contributed by atoms with Gasteiger partial charge in [0.15, 0.2) is 0 Å². The minimum atomic E-state index is 0. The molecule has 0 fully saturated rings. The van der Waals surface area contributed by atoms with Crippen molar-refractivity contribution in [1.82, 2.24) is 0 Å². The first kappa shape index (κ1) is 41.5. The molecule has 0 saturated carbocycles. The van der Waals surface area contributed by atoms with Gasteiger partial charge in [-0.05, 0) is 0 Å². The maximum Gasteiger partial charge on any atom is 4.00 e. The average Bonchev–Trinajstić information content (AvgIpc) is 1.39. The van der Waals surface area contributed by atoms with Gasteiger partial charge in [0.1, 0.15) is 0 Å². The van der Waals surface area contributed by atoms with E-state index in [1.54, 1.807) is 0 Å². The van der Waals surface area contributed by atoms with Gasteiger partial charge in [0, 0.05) is 0 Å². The first-order valence-corrected chi connectivity index (χ1v) is 0.800. The predicted molar refractivity (Wildman–Crippen MR) is 33.0 cm³/mol. The minimum absolute atomic E-state index is 0. The van der Waals surface area contributed by atoms with Crippen molar-refractivity contribution in [3.05, 3.63) is 46.8 Å². The molecule has 0 saturated heterocycles. The van der Waals surface area contributed by atoms with E-state index in [4.69, 9.17) is 22.1 Å². The SMILES string of the molecule is [CH3-].[CH3-].[N-]=[N+]=[N-].[N-]=[N+]=[N-].[V+4]. The van der Waals surface area contributed by atoms with Gasteiger partial charge >= 0.3 is 18.6 Å². The second-order valence-corrected chi connectivity index (χ2v) is 0.179. The fourth-order valence-corrected chi connectivity index (χ4v) is 0. The molecule has 0 N–H and O–H groups in total. The molecule has 1 radical (unpaired) electrons. The van der Waals surface area contributed by atoms with Crippen molar-refractivity contribution >= 4 is 0 Å². The van der Waals surface area contributed by atoms with Crippen molar-refractivity contribution in [1.29, 1.82) is 0 Å². The minimum Gasteiger partial charge on any atom is -0.373 e. The van der Waals surface area contributed by atoms with Crippen LogP contribution in [-0.2, 0) is 18.6 Å². The van der Waals surface area contributed by atoms with Gasteiger partial charge in [-0.2, -0.15) is 0 Å². The molecule has 0 aromatic rings. The Balaban J connectivity index is -0.00000000889. The topological polar surface area (TPSA) is 117 Å². The van der Waals surface area contributed by atoms with E-state index in [1.807, 2.05) is 0 Å². The average molecular weight is 165 g/mol. The van der Waals surface area contributed by atoms with Crippen LogP contribution >= 0.6 is 0 Å². The van der Waals surface area contributed by atoms with E-state index >= 15 is 0 Å². The van der Waals surface area contributed by atoms with E-state index < -0.39 is 0 Å². The molecule has 0 aliphatic rings. The summed E-state index contributed by atoms with van der Waals surface area (Å²) in [6, 6.07) is 0. The molecule has 0 aromatic heterocycles. The fourth-order valence-electron chi connectivity index (χ4n) is 0. The maximum absolute atomic E-state index is 6.75. The molecule has 6 nitrogen and oxygen atoms in total. The van der Waals surface area contributed by atoms with E-state index in [1.165, 1.54) is 9.82 Å². The summed E-state index contributed by atoms with van der Waals surface area (Å²) < 4.78 is 0. The van der Waals surface area contributed by atoms with Crippen LogP contribution in [0.1, 0.15) is 0 Å². The second-order valence-electron chi connectivity index (χ2n) is 0.179. The van der Waals surface area contributed by atoms with Crippen molar-refractivity contribution in [3.8, 4) is 0 Å². The number of nitrogens with zero attached hydrogens (tertiary/aromatic N) is 6. The van der Waals surface area contributed by atoms with Crippen LogP contribution in [0.4, 0.5) is 0 Å². The summed E-state index contributed by atoms with van der Waals surface area (Å²) in [5.41, 5.74) is 27.0. The Hall–Kier alpha value is -0.796. The molecule has 0 rings (SSSR count). The van der Waals surface area contributed by atoms with Gasteiger partial charge in [0.05, 0.1) is 0 Å². The zero-order valence-electron chi connectivity index (χ0n) is 5.13. The van der Waals surface area contributed by atoms with Crippen molar-refractivity contribution in [2.75, 3.05) is 0 Å². The molecule has 0 heterocycles. The molecule has 0 aromatic carbocycles. The Kier molecular flexibility index (Phi) is 881. The van der Waals surface area contributed by atoms with Crippen LogP contribution in [-0.4, -0.2) is 0 Å². The first-order chi connectivity index (χ1) is 2.83. The Morgan fingerprint density at radius 2 is 0.667 bits per heavy atom. The van der Waals surface area contributed by atoms with Crippen LogP contribution in [0, 0.1) is 14.9 Å². The summed E-state index contributed by atoms with van der Waals surface area (Å²) in [7, 11) is 0. The number of hydrogen-bond donors (Lipinski definition) is 0. The molecular formula is C2H6N6V. The summed E-state index contributed by atoms with van der Waals surface area (Å²) in [4.78, 5) is 3.00. The third-order valence-electron chi connectivity index (χ3n) is 0. The predicted octanol–water partition coefficient (Wildman–Crippen LogP) is 2.63. The molecule has 0 aliphatic carbocycles. The Labute approximate surface area is 66.0 Å². The summed E-state index contributed by atoms with van der Waals surface area (Å²) in [5, 5.41) is 0. The van der Waals surface area contributed by atoms with Crippen LogP contribution in [0.3, 0.4) is 0 Å². The van der Waals surface area contributed by atoms with E-state index in [-0.39, 0.29) is 33.4 Å². The molecule has 0 aliphatic heterocycles. The van der Waals surface area contributed by atoms with Gasteiger partial charge in [-0.3, -0.25) is 9.82 Å². The summed E-state index contributed by atoms with van der Waals surface area (Å²) in [6.45, 7) is 0. The van der Waals surface area contributed by atoms with E-state index in [0.29, 0.717) is 0 Å². The standard InChI is InChI=1S/2CH3.2N3.V/c;;2*1-3-2;/h2*1H3;;;/q4*-1;+4. The molecule has 0 atom stereocenters. The maximum atomic E-state index is 6.75. The largest absolute Gasteiger partial charge is 4.00 e. The van der Waals surface area contributed by atoms with Crippen molar-refractivity contribution in [3.63, 3.8) is 0 Å². The molecule has 0 bridgehead atoms. The summed E-state index contributed by atoms with van der Waals surface area (Å²) >= 11 is 0. The van der Waals surface area contributed by atoms with Crippen LogP contribution < -0.4 is 0 Å². The number of rotatable bonds is 0. The van der Waals surface area contributed by atoms with Gasteiger partial charge in [-0.1, -0.05) is 0 Å². The molecule has 0 unspecified atom stereocenters. The van der Waals surface area contributed by atoms with Crippen LogP contribution in [0.2, 0.25) is 0 Å². The Morgan fingerprint density at radius 1 is 0.667 bits per heavy atom. The first-order valence-electron chi connectivity index (χ1n) is 0.800. The summed E-state index contributed by atoms with van der Waals surface area (Å²) in [5.74, 6) is 0. The second kappa shape index (κ2) is 191. The van der Waals surface area contributed by atoms with Gasteiger partial charge in [0.25, 0.3) is 0 Å². The third kappa shape index (κ3) is 308. The van der Waals surface area contributed by atoms with E-state index in [0.717, 1.165) is 0 Å². The van der Waals surface area contributed by atoms with Crippen molar-refractivity contribution in [2.24, 2.45) is 0 Å². The smallest absolute Gasteiger partial charge is 0.373 e. The Bertz CT molecular complexity index is 65.1. The van der Waals surface area contributed by atoms with Gasteiger partial charge < -0.3 is 37.0 Å². The van der Waals surface area contributed by atoms with Crippen LogP contribution in [0.5, 0.6) is 0 Å². The zero-order valence-corrected chi connectivity index (χ0v) is 6.53. The summed E-state index contributed by atoms with van der Waals surface area (Å²) in [6.07, 6.45) is 0. The van der Waals surface area contributed by atoms with E-state index in [2.05, 4.69) is 0 Å². The van der Waals surface area contributed by atoms with E-state index in [9.17, 15) is 0 Å². The molecule has 0 amide bonds. The van der Waals surface area contributed by atoms with Gasteiger partial charge in [-0.15, -0.1) is 0 Å². The quantitative estimate of drug-likeness (QED) is 0.227. The van der Waals surface area contributed by atoms with Gasteiger partial charge in [0.2, 0.25) is 0 Å². The van der Waals surface area contributed by atoms with Gasteiger partial charge in [-0.25, -0.2) is 0 Å². The molecular weight excluding hydrogens is 159 g/mol. The van der Waals surface area contributed by atoms with Crippen LogP contribution in [0.25, 0.3) is 31.9 Å². The zero-order chi connectivity index (χ0) is 5.41. The van der Waals surface area contributed by atoms with Crippen LogP contribution in [0.15, 0.2) is 0 Å². The molecule has 7 heteroatoms. The monoisotopic (exact) mass is 165 g/mol. The van der Waals surface area contributed by atoms with Crippen molar-refractivity contribution in [2.45, 2.75) is 0 Å². The number of hydrogen-bond acceptors (Lipinski definition) is 0. The third-order valence-corrected chi connectivity index (χ3v) is 0. The molecule has 0 spiro atoms. The fraction of sp³-hybridized carbons (Fsp3) is 0. The molecule has 49 valence electrons. The normalized spacial score (nSPS) is 1.78.